The second kappa shape index (κ2) is 8.48. The number of carbonyl (C=O) groups excluding carboxylic acids is 2. The summed E-state index contributed by atoms with van der Waals surface area (Å²) in [5.74, 6) is -0.873. The van der Waals surface area contributed by atoms with Crippen LogP contribution in [0.25, 0.3) is 0 Å². The van der Waals surface area contributed by atoms with E-state index in [2.05, 4.69) is 15.8 Å². The van der Waals surface area contributed by atoms with E-state index in [1.807, 2.05) is 0 Å². The Balaban J connectivity index is 1.61. The third-order valence-corrected chi connectivity index (χ3v) is 4.44. The van der Waals surface area contributed by atoms with Crippen molar-refractivity contribution in [1.29, 1.82) is 0 Å². The van der Waals surface area contributed by atoms with E-state index >= 15 is 0 Å². The molecule has 0 bridgehead atoms. The minimum absolute atomic E-state index is 0.0594. The van der Waals surface area contributed by atoms with Gasteiger partial charge in [0.2, 0.25) is 0 Å². The monoisotopic (exact) mass is 371 g/mol. The maximum atomic E-state index is 12.5. The number of carboxylic acid groups (broad SMARTS) is 1. The van der Waals surface area contributed by atoms with Crippen LogP contribution in [-0.2, 0) is 17.6 Å². The molecule has 0 atom stereocenters. The van der Waals surface area contributed by atoms with Crippen molar-refractivity contribution >= 4 is 23.5 Å². The lowest BCUT2D eigenvalue weighted by Crippen LogP contribution is -2.25. The molecule has 8 nitrogen and oxygen atoms in total. The molecule has 2 aromatic rings. The van der Waals surface area contributed by atoms with Crippen LogP contribution in [0.3, 0.4) is 0 Å². The maximum Gasteiger partial charge on any atom is 0.305 e. The molecule has 0 saturated heterocycles. The van der Waals surface area contributed by atoms with Gasteiger partial charge in [0, 0.05) is 29.8 Å². The molecule has 1 aromatic carbocycles. The summed E-state index contributed by atoms with van der Waals surface area (Å²) in [6.45, 7) is 0.0594. The molecule has 0 radical (unpaired) electrons. The highest BCUT2D eigenvalue weighted by atomic mass is 16.5. The highest BCUT2D eigenvalue weighted by Crippen LogP contribution is 2.24. The van der Waals surface area contributed by atoms with Gasteiger partial charge < -0.3 is 20.3 Å². The summed E-state index contributed by atoms with van der Waals surface area (Å²) in [6.07, 6.45) is 4.63. The number of benzene rings is 1. The van der Waals surface area contributed by atoms with Crippen molar-refractivity contribution < 1.29 is 24.0 Å². The summed E-state index contributed by atoms with van der Waals surface area (Å²) in [6, 6.07) is 6.36. The standard InChI is InChI=1S/C19H21N3O5/c23-16(24)10-11-20-18(25)12-6-8-13(9-7-12)21-19(26)17-14-4-2-1-3-5-15(14)27-22-17/h6-9H,1-5,10-11H2,(H,20,25)(H,21,26)(H,23,24). The van der Waals surface area contributed by atoms with Gasteiger partial charge in [-0.15, -0.1) is 0 Å². The van der Waals surface area contributed by atoms with Crippen molar-refractivity contribution in [2.24, 2.45) is 0 Å². The minimum Gasteiger partial charge on any atom is -0.481 e. The Morgan fingerprint density at radius 1 is 1.04 bits per heavy atom. The van der Waals surface area contributed by atoms with Crippen LogP contribution in [-0.4, -0.2) is 34.6 Å². The van der Waals surface area contributed by atoms with Crippen LogP contribution < -0.4 is 10.6 Å². The van der Waals surface area contributed by atoms with E-state index in [1.54, 1.807) is 24.3 Å². The molecule has 0 fully saturated rings. The lowest BCUT2D eigenvalue weighted by atomic mass is 10.1. The molecule has 142 valence electrons. The predicted octanol–water partition coefficient (Wildman–Crippen LogP) is 2.40. The summed E-state index contributed by atoms with van der Waals surface area (Å²) in [5.41, 5.74) is 2.13. The van der Waals surface area contributed by atoms with Crippen molar-refractivity contribution in [3.8, 4) is 0 Å². The van der Waals surface area contributed by atoms with Gasteiger partial charge in [0.15, 0.2) is 5.69 Å². The zero-order chi connectivity index (χ0) is 19.2. The summed E-state index contributed by atoms with van der Waals surface area (Å²) in [5, 5.41) is 17.8. The highest BCUT2D eigenvalue weighted by molar-refractivity contribution is 6.04. The average molecular weight is 371 g/mol. The number of nitrogens with zero attached hydrogens (tertiary/aromatic N) is 1. The normalized spacial score (nSPS) is 13.3. The number of amides is 2. The Kier molecular flexibility index (Phi) is 5.85. The minimum atomic E-state index is -0.973. The highest BCUT2D eigenvalue weighted by Gasteiger charge is 2.23. The van der Waals surface area contributed by atoms with Crippen molar-refractivity contribution in [3.05, 3.63) is 46.8 Å². The van der Waals surface area contributed by atoms with Gasteiger partial charge >= 0.3 is 5.97 Å². The van der Waals surface area contributed by atoms with Crippen LogP contribution in [0.5, 0.6) is 0 Å². The number of anilines is 1. The van der Waals surface area contributed by atoms with Crippen molar-refractivity contribution in [2.75, 3.05) is 11.9 Å². The molecule has 1 aliphatic rings. The molecule has 3 rings (SSSR count). The third kappa shape index (κ3) is 4.72. The van der Waals surface area contributed by atoms with Crippen molar-refractivity contribution in [3.63, 3.8) is 0 Å². The molecular formula is C19H21N3O5. The Labute approximate surface area is 155 Å². The number of hydrogen-bond acceptors (Lipinski definition) is 5. The lowest BCUT2D eigenvalue weighted by molar-refractivity contribution is -0.136. The van der Waals surface area contributed by atoms with Crippen LogP contribution in [0, 0.1) is 0 Å². The number of aliphatic carboxylic acids is 1. The number of rotatable bonds is 6. The third-order valence-electron chi connectivity index (χ3n) is 4.44. The van der Waals surface area contributed by atoms with Crippen LogP contribution in [0.2, 0.25) is 0 Å². The Bertz CT molecular complexity index is 842. The molecular weight excluding hydrogens is 350 g/mol. The van der Waals surface area contributed by atoms with Gasteiger partial charge in [-0.25, -0.2) is 0 Å². The van der Waals surface area contributed by atoms with Crippen molar-refractivity contribution in [1.82, 2.24) is 10.5 Å². The van der Waals surface area contributed by atoms with Gasteiger partial charge in [-0.2, -0.15) is 0 Å². The fourth-order valence-corrected chi connectivity index (χ4v) is 3.02. The molecule has 1 aliphatic carbocycles. The molecule has 2 amide bonds. The Morgan fingerprint density at radius 3 is 2.52 bits per heavy atom. The van der Waals surface area contributed by atoms with Gasteiger partial charge in [0.1, 0.15) is 5.76 Å². The van der Waals surface area contributed by atoms with E-state index in [0.29, 0.717) is 16.9 Å². The molecule has 0 aliphatic heterocycles. The first-order valence-electron chi connectivity index (χ1n) is 8.93. The van der Waals surface area contributed by atoms with Crippen LogP contribution in [0.15, 0.2) is 28.8 Å². The smallest absolute Gasteiger partial charge is 0.305 e. The second-order valence-electron chi connectivity index (χ2n) is 6.42. The van der Waals surface area contributed by atoms with E-state index in [4.69, 9.17) is 9.63 Å². The molecule has 1 heterocycles. The van der Waals surface area contributed by atoms with E-state index in [-0.39, 0.29) is 24.8 Å². The lowest BCUT2D eigenvalue weighted by Gasteiger charge is -2.07. The molecule has 0 spiro atoms. The van der Waals surface area contributed by atoms with E-state index in [0.717, 1.165) is 43.4 Å². The summed E-state index contributed by atoms with van der Waals surface area (Å²) >= 11 is 0. The van der Waals surface area contributed by atoms with Crippen LogP contribution in [0.1, 0.15) is 57.9 Å². The Hall–Kier alpha value is -3.16. The maximum absolute atomic E-state index is 12.5. The summed E-state index contributed by atoms with van der Waals surface area (Å²) in [7, 11) is 0. The number of aryl methyl sites for hydroxylation is 1. The largest absolute Gasteiger partial charge is 0.481 e. The van der Waals surface area contributed by atoms with Crippen LogP contribution in [0.4, 0.5) is 5.69 Å². The Morgan fingerprint density at radius 2 is 1.78 bits per heavy atom. The SMILES string of the molecule is O=C(O)CCNC(=O)c1ccc(NC(=O)c2noc3c2CCCCC3)cc1. The number of nitrogens with one attached hydrogen (secondary N) is 2. The summed E-state index contributed by atoms with van der Waals surface area (Å²) in [4.78, 5) is 34.9. The van der Waals surface area contributed by atoms with E-state index in [1.165, 1.54) is 0 Å². The fourth-order valence-electron chi connectivity index (χ4n) is 3.02. The van der Waals surface area contributed by atoms with Gasteiger partial charge in [-0.1, -0.05) is 11.6 Å². The zero-order valence-corrected chi connectivity index (χ0v) is 14.8. The molecule has 0 unspecified atom stereocenters. The van der Waals surface area contributed by atoms with Crippen LogP contribution >= 0.6 is 0 Å². The number of aromatic nitrogens is 1. The first-order valence-corrected chi connectivity index (χ1v) is 8.93. The van der Waals surface area contributed by atoms with Gasteiger partial charge in [0.05, 0.1) is 6.42 Å². The first kappa shape index (κ1) is 18.6. The number of hydrogen-bond donors (Lipinski definition) is 3. The first-order chi connectivity index (χ1) is 13.0. The molecule has 1 aromatic heterocycles. The van der Waals surface area contributed by atoms with Crippen molar-refractivity contribution in [2.45, 2.75) is 38.5 Å². The molecule has 0 saturated carbocycles. The molecule has 8 heteroatoms. The topological polar surface area (TPSA) is 122 Å². The number of carbonyl (C=O) groups is 3. The fraction of sp³-hybridized carbons (Fsp3) is 0.368. The van der Waals surface area contributed by atoms with Gasteiger partial charge in [0.25, 0.3) is 11.8 Å². The summed E-state index contributed by atoms with van der Waals surface area (Å²) < 4.78 is 5.33. The number of carboxylic acids is 1. The molecule has 3 N–H and O–H groups in total. The van der Waals surface area contributed by atoms with E-state index in [9.17, 15) is 14.4 Å². The zero-order valence-electron chi connectivity index (χ0n) is 14.8. The van der Waals surface area contributed by atoms with Gasteiger partial charge in [-0.05, 0) is 43.5 Å². The average Bonchev–Trinajstić information content (AvgIpc) is 2.90. The van der Waals surface area contributed by atoms with Gasteiger partial charge in [-0.3, -0.25) is 14.4 Å². The second-order valence-corrected chi connectivity index (χ2v) is 6.42. The predicted molar refractivity (Wildman–Crippen MR) is 96.7 cm³/mol. The quantitative estimate of drug-likeness (QED) is 0.670. The number of fused-ring (bicyclic) bond motifs is 1. The van der Waals surface area contributed by atoms with E-state index < -0.39 is 5.97 Å². The molecule has 27 heavy (non-hydrogen) atoms.